The van der Waals surface area contributed by atoms with Gasteiger partial charge in [0, 0.05) is 19.3 Å². The third kappa shape index (κ3) is 2.46. The summed E-state index contributed by atoms with van der Waals surface area (Å²) < 4.78 is 25.6. The van der Waals surface area contributed by atoms with E-state index in [4.69, 9.17) is 18.0 Å². The van der Waals surface area contributed by atoms with E-state index in [2.05, 4.69) is 4.98 Å². The molecule has 1 aromatic rings. The zero-order valence-electron chi connectivity index (χ0n) is 9.33. The first-order valence-electron chi connectivity index (χ1n) is 5.17. The standard InChI is InChI=1S/C10H13N3O2S2/c1-13(7-2-3-7)17(14,15)8-4-5-9(10(11)16)12-6-8/h4-7H,2-3H2,1H3,(H2,11,16). The van der Waals surface area contributed by atoms with Crippen LogP contribution >= 0.6 is 12.2 Å². The molecule has 0 bridgehead atoms. The van der Waals surface area contributed by atoms with Crippen molar-refractivity contribution < 1.29 is 8.42 Å². The average molecular weight is 271 g/mol. The summed E-state index contributed by atoms with van der Waals surface area (Å²) in [6.07, 6.45) is 3.14. The van der Waals surface area contributed by atoms with E-state index in [9.17, 15) is 8.42 Å². The van der Waals surface area contributed by atoms with Crippen molar-refractivity contribution in [2.24, 2.45) is 5.73 Å². The van der Waals surface area contributed by atoms with Gasteiger partial charge in [-0.2, -0.15) is 4.31 Å². The van der Waals surface area contributed by atoms with E-state index < -0.39 is 10.0 Å². The monoisotopic (exact) mass is 271 g/mol. The number of rotatable bonds is 4. The molecule has 0 saturated heterocycles. The van der Waals surface area contributed by atoms with Gasteiger partial charge in [-0.3, -0.25) is 4.98 Å². The SMILES string of the molecule is CN(C1CC1)S(=O)(=O)c1ccc(C(N)=S)nc1. The molecule has 1 aliphatic rings. The van der Waals surface area contributed by atoms with Crippen LogP contribution in [0, 0.1) is 0 Å². The first-order chi connectivity index (χ1) is 7.93. The Balaban J connectivity index is 2.30. The van der Waals surface area contributed by atoms with Gasteiger partial charge in [0.1, 0.15) is 9.88 Å². The van der Waals surface area contributed by atoms with Crippen molar-refractivity contribution in [2.75, 3.05) is 7.05 Å². The summed E-state index contributed by atoms with van der Waals surface area (Å²) in [5.74, 6) is 0. The summed E-state index contributed by atoms with van der Waals surface area (Å²) in [5, 5.41) is 0. The Labute approximate surface area is 106 Å². The van der Waals surface area contributed by atoms with Crippen molar-refractivity contribution in [1.82, 2.24) is 9.29 Å². The van der Waals surface area contributed by atoms with Gasteiger partial charge >= 0.3 is 0 Å². The van der Waals surface area contributed by atoms with Crippen LogP contribution in [-0.4, -0.2) is 35.8 Å². The molecule has 1 aliphatic carbocycles. The maximum Gasteiger partial charge on any atom is 0.244 e. The second kappa shape index (κ2) is 4.32. The van der Waals surface area contributed by atoms with Crippen molar-refractivity contribution in [3.8, 4) is 0 Å². The van der Waals surface area contributed by atoms with E-state index in [1.165, 1.54) is 22.6 Å². The molecule has 17 heavy (non-hydrogen) atoms. The molecule has 92 valence electrons. The first kappa shape index (κ1) is 12.4. The van der Waals surface area contributed by atoms with Crippen LogP contribution in [0.4, 0.5) is 0 Å². The Hall–Kier alpha value is -1.05. The zero-order chi connectivity index (χ0) is 12.6. The van der Waals surface area contributed by atoms with Gasteiger partial charge in [-0.1, -0.05) is 12.2 Å². The van der Waals surface area contributed by atoms with Gasteiger partial charge in [-0.15, -0.1) is 0 Å². The van der Waals surface area contributed by atoms with Crippen molar-refractivity contribution in [3.63, 3.8) is 0 Å². The lowest BCUT2D eigenvalue weighted by Gasteiger charge is -2.16. The van der Waals surface area contributed by atoms with Gasteiger partial charge in [0.15, 0.2) is 0 Å². The van der Waals surface area contributed by atoms with Crippen molar-refractivity contribution in [1.29, 1.82) is 0 Å². The number of hydrogen-bond donors (Lipinski definition) is 1. The van der Waals surface area contributed by atoms with Crippen LogP contribution in [0.2, 0.25) is 0 Å². The summed E-state index contributed by atoms with van der Waals surface area (Å²) in [7, 11) is -1.84. The van der Waals surface area contributed by atoms with Crippen LogP contribution in [0.1, 0.15) is 18.5 Å². The molecule has 0 unspecified atom stereocenters. The summed E-state index contributed by atoms with van der Waals surface area (Å²) in [6, 6.07) is 3.14. The molecule has 1 aromatic heterocycles. The van der Waals surface area contributed by atoms with Gasteiger partial charge in [0.05, 0.1) is 5.69 Å². The number of nitrogens with two attached hydrogens (primary N) is 1. The van der Waals surface area contributed by atoms with Gasteiger partial charge in [-0.25, -0.2) is 8.42 Å². The molecule has 1 saturated carbocycles. The van der Waals surface area contributed by atoms with E-state index in [0.29, 0.717) is 5.69 Å². The Morgan fingerprint density at radius 3 is 2.59 bits per heavy atom. The molecule has 0 radical (unpaired) electrons. The Morgan fingerprint density at radius 2 is 2.18 bits per heavy atom. The van der Waals surface area contributed by atoms with Crippen LogP contribution in [0.15, 0.2) is 23.2 Å². The van der Waals surface area contributed by atoms with Crippen molar-refractivity contribution in [3.05, 3.63) is 24.0 Å². The fraction of sp³-hybridized carbons (Fsp3) is 0.400. The maximum absolute atomic E-state index is 12.1. The fourth-order valence-corrected chi connectivity index (χ4v) is 2.96. The van der Waals surface area contributed by atoms with Crippen LogP contribution < -0.4 is 5.73 Å². The number of hydrogen-bond acceptors (Lipinski definition) is 4. The zero-order valence-corrected chi connectivity index (χ0v) is 11.0. The lowest BCUT2D eigenvalue weighted by atomic mass is 10.3. The molecule has 7 heteroatoms. The minimum Gasteiger partial charge on any atom is -0.388 e. The second-order valence-corrected chi connectivity index (χ2v) is 6.43. The van der Waals surface area contributed by atoms with E-state index >= 15 is 0 Å². The number of pyridine rings is 1. The number of aromatic nitrogens is 1. The number of sulfonamides is 1. The molecular formula is C10H13N3O2S2. The smallest absolute Gasteiger partial charge is 0.244 e. The van der Waals surface area contributed by atoms with Gasteiger partial charge in [-0.05, 0) is 25.0 Å². The van der Waals surface area contributed by atoms with Gasteiger partial charge in [0.25, 0.3) is 0 Å². The molecule has 0 atom stereocenters. The van der Waals surface area contributed by atoms with E-state index in [1.807, 2.05) is 0 Å². The average Bonchev–Trinajstić information content (AvgIpc) is 3.12. The summed E-state index contributed by atoms with van der Waals surface area (Å²) in [5.41, 5.74) is 5.82. The molecule has 0 aliphatic heterocycles. The Morgan fingerprint density at radius 1 is 1.53 bits per heavy atom. The Kier molecular flexibility index (Phi) is 3.15. The third-order valence-corrected chi connectivity index (χ3v) is 4.83. The molecule has 1 fully saturated rings. The lowest BCUT2D eigenvalue weighted by Crippen LogP contribution is -2.29. The van der Waals surface area contributed by atoms with E-state index in [1.54, 1.807) is 7.05 Å². The topological polar surface area (TPSA) is 76.3 Å². The fourth-order valence-electron chi connectivity index (χ4n) is 1.48. The highest BCUT2D eigenvalue weighted by Crippen LogP contribution is 2.30. The van der Waals surface area contributed by atoms with Crippen LogP contribution in [0.25, 0.3) is 0 Å². The molecule has 1 heterocycles. The molecule has 0 aromatic carbocycles. The minimum absolute atomic E-state index is 0.135. The van der Waals surface area contributed by atoms with Gasteiger partial charge < -0.3 is 5.73 Å². The van der Waals surface area contributed by atoms with Crippen molar-refractivity contribution >= 4 is 27.2 Å². The predicted octanol–water partition coefficient (Wildman–Crippen LogP) is 0.499. The summed E-state index contributed by atoms with van der Waals surface area (Å²) in [4.78, 5) is 4.26. The van der Waals surface area contributed by atoms with E-state index in [-0.39, 0.29) is 15.9 Å². The van der Waals surface area contributed by atoms with E-state index in [0.717, 1.165) is 12.8 Å². The molecule has 2 N–H and O–H groups in total. The Bertz CT molecular complexity index is 535. The highest BCUT2D eigenvalue weighted by atomic mass is 32.2. The van der Waals surface area contributed by atoms with Crippen LogP contribution in [-0.2, 0) is 10.0 Å². The minimum atomic E-state index is -3.43. The molecule has 0 spiro atoms. The predicted molar refractivity (Wildman–Crippen MR) is 68.1 cm³/mol. The molecule has 2 rings (SSSR count). The normalized spacial score (nSPS) is 16.1. The van der Waals surface area contributed by atoms with Crippen LogP contribution in [0.5, 0.6) is 0 Å². The third-order valence-electron chi connectivity index (χ3n) is 2.73. The molecule has 0 amide bonds. The summed E-state index contributed by atoms with van der Waals surface area (Å²) >= 11 is 4.76. The van der Waals surface area contributed by atoms with Crippen LogP contribution in [0.3, 0.4) is 0 Å². The molecule has 5 nitrogen and oxygen atoms in total. The quantitative estimate of drug-likeness (QED) is 0.807. The number of nitrogens with zero attached hydrogens (tertiary/aromatic N) is 2. The second-order valence-electron chi connectivity index (χ2n) is 4.00. The van der Waals surface area contributed by atoms with Gasteiger partial charge in [0.2, 0.25) is 10.0 Å². The number of thiocarbonyl (C=S) groups is 1. The first-order valence-corrected chi connectivity index (χ1v) is 7.01. The van der Waals surface area contributed by atoms with Crippen molar-refractivity contribution in [2.45, 2.75) is 23.8 Å². The summed E-state index contributed by atoms with van der Waals surface area (Å²) in [6.45, 7) is 0. The highest BCUT2D eigenvalue weighted by molar-refractivity contribution is 7.89. The lowest BCUT2D eigenvalue weighted by molar-refractivity contribution is 0.464. The highest BCUT2D eigenvalue weighted by Gasteiger charge is 2.35. The molecular weight excluding hydrogens is 258 g/mol. The maximum atomic E-state index is 12.1. The largest absolute Gasteiger partial charge is 0.388 e.